The van der Waals surface area contributed by atoms with Crippen LogP contribution in [0, 0.1) is 11.8 Å². The molecular weight excluding hydrogens is 184 g/mol. The van der Waals surface area contributed by atoms with E-state index < -0.39 is 9.84 Å². The third kappa shape index (κ3) is 2.97. The molecule has 1 fully saturated rings. The summed E-state index contributed by atoms with van der Waals surface area (Å²) in [6.07, 6.45) is 5.31. The number of hydrogen-bond donors (Lipinski definition) is 0. The van der Waals surface area contributed by atoms with E-state index in [1.54, 1.807) is 0 Å². The zero-order chi connectivity index (χ0) is 10.1. The van der Waals surface area contributed by atoms with E-state index in [2.05, 4.69) is 13.8 Å². The molecule has 13 heavy (non-hydrogen) atoms. The molecule has 0 amide bonds. The lowest BCUT2D eigenvalue weighted by molar-refractivity contribution is 0.280. The molecule has 1 saturated carbocycles. The fourth-order valence-electron chi connectivity index (χ4n) is 2.18. The van der Waals surface area contributed by atoms with E-state index in [1.807, 2.05) is 0 Å². The average Bonchev–Trinajstić information content (AvgIpc) is 2.03. The van der Waals surface area contributed by atoms with Crippen LogP contribution in [0.2, 0.25) is 0 Å². The maximum atomic E-state index is 11.3. The molecule has 0 N–H and O–H groups in total. The Balaban J connectivity index is 2.49. The van der Waals surface area contributed by atoms with Crippen molar-refractivity contribution in [1.82, 2.24) is 0 Å². The van der Waals surface area contributed by atoms with Crippen molar-refractivity contribution in [2.75, 3.05) is 6.26 Å². The molecule has 0 aliphatic heterocycles. The minimum atomic E-state index is -2.78. The van der Waals surface area contributed by atoms with Gasteiger partial charge in [0.25, 0.3) is 0 Å². The summed E-state index contributed by atoms with van der Waals surface area (Å²) in [4.78, 5) is 0. The van der Waals surface area contributed by atoms with E-state index in [0.717, 1.165) is 31.6 Å². The van der Waals surface area contributed by atoms with Crippen molar-refractivity contribution >= 4 is 9.84 Å². The zero-order valence-electron chi connectivity index (χ0n) is 8.79. The van der Waals surface area contributed by atoms with Gasteiger partial charge in [0.2, 0.25) is 0 Å². The predicted molar refractivity (Wildman–Crippen MR) is 55.4 cm³/mol. The van der Waals surface area contributed by atoms with Gasteiger partial charge in [-0.15, -0.1) is 0 Å². The summed E-state index contributed by atoms with van der Waals surface area (Å²) < 4.78 is 22.5. The van der Waals surface area contributed by atoms with Crippen LogP contribution in [0.5, 0.6) is 0 Å². The first kappa shape index (κ1) is 11.0. The van der Waals surface area contributed by atoms with E-state index in [4.69, 9.17) is 0 Å². The molecule has 78 valence electrons. The van der Waals surface area contributed by atoms with Crippen LogP contribution in [0.3, 0.4) is 0 Å². The summed E-state index contributed by atoms with van der Waals surface area (Å²) in [5.74, 6) is 1.46. The summed E-state index contributed by atoms with van der Waals surface area (Å²) >= 11 is 0. The van der Waals surface area contributed by atoms with Gasteiger partial charge in [-0.2, -0.15) is 0 Å². The molecule has 3 heteroatoms. The monoisotopic (exact) mass is 204 g/mol. The molecule has 0 radical (unpaired) electrons. The quantitative estimate of drug-likeness (QED) is 0.691. The largest absolute Gasteiger partial charge is 0.229 e. The molecule has 0 bridgehead atoms. The molecule has 0 heterocycles. The fourth-order valence-corrected chi connectivity index (χ4v) is 3.31. The summed E-state index contributed by atoms with van der Waals surface area (Å²) in [5, 5.41) is -0.0532. The van der Waals surface area contributed by atoms with E-state index in [0.29, 0.717) is 5.92 Å². The van der Waals surface area contributed by atoms with Gasteiger partial charge in [0.1, 0.15) is 9.84 Å². The van der Waals surface area contributed by atoms with Crippen molar-refractivity contribution in [2.24, 2.45) is 11.8 Å². The summed E-state index contributed by atoms with van der Waals surface area (Å²) in [7, 11) is -2.78. The Hall–Kier alpha value is -0.0500. The molecule has 0 aromatic heterocycles. The Morgan fingerprint density at radius 1 is 1.08 bits per heavy atom. The molecule has 2 nitrogen and oxygen atoms in total. The van der Waals surface area contributed by atoms with Crippen molar-refractivity contribution in [2.45, 2.75) is 44.8 Å². The molecule has 0 spiro atoms. The van der Waals surface area contributed by atoms with Gasteiger partial charge in [-0.25, -0.2) is 8.42 Å². The van der Waals surface area contributed by atoms with Crippen molar-refractivity contribution in [3.63, 3.8) is 0 Å². The highest BCUT2D eigenvalue weighted by Crippen LogP contribution is 2.32. The van der Waals surface area contributed by atoms with Crippen molar-refractivity contribution < 1.29 is 8.42 Å². The van der Waals surface area contributed by atoms with Gasteiger partial charge < -0.3 is 0 Å². The standard InChI is InChI=1S/C10H20O2S/c1-8(2)9-4-6-10(7-5-9)13(3,11)12/h8-10H,4-7H2,1-3H3. The first-order chi connectivity index (χ1) is 5.91. The summed E-state index contributed by atoms with van der Waals surface area (Å²) in [5.41, 5.74) is 0. The Morgan fingerprint density at radius 3 is 1.85 bits per heavy atom. The second-order valence-corrected chi connectivity index (χ2v) is 6.94. The van der Waals surface area contributed by atoms with Crippen LogP contribution in [0.25, 0.3) is 0 Å². The Kier molecular flexibility index (Phi) is 3.38. The average molecular weight is 204 g/mol. The van der Waals surface area contributed by atoms with Crippen LogP contribution < -0.4 is 0 Å². The molecule has 0 atom stereocenters. The smallest absolute Gasteiger partial charge is 0.150 e. The van der Waals surface area contributed by atoms with Gasteiger partial charge in [0.05, 0.1) is 5.25 Å². The van der Waals surface area contributed by atoms with Crippen molar-refractivity contribution in [3.05, 3.63) is 0 Å². The topological polar surface area (TPSA) is 34.1 Å². The van der Waals surface area contributed by atoms with Gasteiger partial charge in [0.15, 0.2) is 0 Å². The van der Waals surface area contributed by atoms with E-state index in [1.165, 1.54) is 6.26 Å². The van der Waals surface area contributed by atoms with Crippen molar-refractivity contribution in [1.29, 1.82) is 0 Å². The van der Waals surface area contributed by atoms with Gasteiger partial charge >= 0.3 is 0 Å². The van der Waals surface area contributed by atoms with Crippen LogP contribution in [0.15, 0.2) is 0 Å². The SMILES string of the molecule is CC(C)C1CCC(S(C)(=O)=O)CC1. The van der Waals surface area contributed by atoms with Gasteiger partial charge in [-0.05, 0) is 37.5 Å². The third-order valence-electron chi connectivity index (χ3n) is 3.27. The molecule has 1 aliphatic rings. The second-order valence-electron chi connectivity index (χ2n) is 4.61. The Bertz CT molecular complexity index is 246. The fraction of sp³-hybridized carbons (Fsp3) is 1.00. The van der Waals surface area contributed by atoms with E-state index in [9.17, 15) is 8.42 Å². The molecular formula is C10H20O2S. The van der Waals surface area contributed by atoms with Gasteiger partial charge in [-0.3, -0.25) is 0 Å². The van der Waals surface area contributed by atoms with E-state index >= 15 is 0 Å². The first-order valence-electron chi connectivity index (χ1n) is 5.10. The highest BCUT2D eigenvalue weighted by molar-refractivity contribution is 7.91. The van der Waals surface area contributed by atoms with Crippen LogP contribution in [0.4, 0.5) is 0 Å². The number of hydrogen-bond acceptors (Lipinski definition) is 2. The molecule has 0 saturated heterocycles. The lowest BCUT2D eigenvalue weighted by Crippen LogP contribution is -2.27. The number of rotatable bonds is 2. The second kappa shape index (κ2) is 3.99. The highest BCUT2D eigenvalue weighted by atomic mass is 32.2. The molecule has 1 aliphatic carbocycles. The number of sulfone groups is 1. The summed E-state index contributed by atoms with van der Waals surface area (Å²) in [6, 6.07) is 0. The lowest BCUT2D eigenvalue weighted by Gasteiger charge is -2.29. The van der Waals surface area contributed by atoms with Crippen LogP contribution in [-0.4, -0.2) is 19.9 Å². The van der Waals surface area contributed by atoms with Crippen molar-refractivity contribution in [3.8, 4) is 0 Å². The highest BCUT2D eigenvalue weighted by Gasteiger charge is 2.28. The van der Waals surface area contributed by atoms with Gasteiger partial charge in [-0.1, -0.05) is 13.8 Å². The lowest BCUT2D eigenvalue weighted by atomic mass is 9.81. The Labute approximate surface area is 81.6 Å². The van der Waals surface area contributed by atoms with Crippen LogP contribution in [0.1, 0.15) is 39.5 Å². The minimum absolute atomic E-state index is 0.0532. The van der Waals surface area contributed by atoms with E-state index in [-0.39, 0.29) is 5.25 Å². The van der Waals surface area contributed by atoms with Crippen LogP contribution in [-0.2, 0) is 9.84 Å². The normalized spacial score (nSPS) is 30.8. The maximum absolute atomic E-state index is 11.3. The zero-order valence-corrected chi connectivity index (χ0v) is 9.60. The Morgan fingerprint density at radius 2 is 1.54 bits per heavy atom. The first-order valence-corrected chi connectivity index (χ1v) is 7.05. The molecule has 0 aromatic carbocycles. The predicted octanol–water partition coefficient (Wildman–Crippen LogP) is 2.25. The molecule has 1 rings (SSSR count). The van der Waals surface area contributed by atoms with Crippen LogP contribution >= 0.6 is 0 Å². The molecule has 0 aromatic rings. The minimum Gasteiger partial charge on any atom is -0.229 e. The van der Waals surface area contributed by atoms with Gasteiger partial charge in [0, 0.05) is 6.26 Å². The molecule has 0 unspecified atom stereocenters. The maximum Gasteiger partial charge on any atom is 0.150 e. The summed E-state index contributed by atoms with van der Waals surface area (Å²) in [6.45, 7) is 4.46. The third-order valence-corrected chi connectivity index (χ3v) is 4.95.